The molecule has 1 unspecified atom stereocenters. The highest BCUT2D eigenvalue weighted by Gasteiger charge is 2.16. The van der Waals surface area contributed by atoms with Gasteiger partial charge in [-0.05, 0) is 19.3 Å². The monoisotopic (exact) mass is 218 g/mol. The zero-order chi connectivity index (χ0) is 12.1. The van der Waals surface area contributed by atoms with Crippen molar-refractivity contribution < 1.29 is 0 Å². The first-order valence-corrected chi connectivity index (χ1v) is 5.50. The molecule has 86 valence electrons. The summed E-state index contributed by atoms with van der Waals surface area (Å²) in [6, 6.07) is 2.42. The van der Waals surface area contributed by atoms with Crippen LogP contribution in [0.15, 0.2) is 12.4 Å². The molecule has 0 aliphatic heterocycles. The molecule has 1 rings (SSSR count). The van der Waals surface area contributed by atoms with E-state index >= 15 is 0 Å². The maximum absolute atomic E-state index is 8.95. The van der Waals surface area contributed by atoms with Gasteiger partial charge in [-0.2, -0.15) is 5.26 Å². The summed E-state index contributed by atoms with van der Waals surface area (Å²) in [5.74, 6) is 1.29. The molecule has 1 heterocycles. The minimum atomic E-state index is 0.351. The van der Waals surface area contributed by atoms with Gasteiger partial charge in [-0.15, -0.1) is 0 Å². The lowest BCUT2D eigenvalue weighted by Crippen LogP contribution is -2.31. The Morgan fingerprint density at radius 2 is 1.94 bits per heavy atom. The largest absolute Gasteiger partial charge is 0.355 e. The van der Waals surface area contributed by atoms with Crippen molar-refractivity contribution >= 4 is 5.82 Å². The fraction of sp³-hybridized carbons (Fsp3) is 0.583. The number of rotatable bonds is 4. The van der Waals surface area contributed by atoms with Crippen LogP contribution in [0.25, 0.3) is 0 Å². The number of hydrogen-bond donors (Lipinski definition) is 0. The van der Waals surface area contributed by atoms with E-state index < -0.39 is 0 Å². The van der Waals surface area contributed by atoms with Gasteiger partial charge in [0.15, 0.2) is 11.5 Å². The molecule has 0 saturated carbocycles. The standard InChI is InChI=1S/C12H18N4/c1-9(2)7-10(3)16(4)12-11(8-13)14-5-6-15-12/h5-6,9-10H,7H2,1-4H3. The highest BCUT2D eigenvalue weighted by molar-refractivity contribution is 5.49. The number of hydrogen-bond acceptors (Lipinski definition) is 4. The number of nitrogens with zero attached hydrogens (tertiary/aromatic N) is 4. The molecular weight excluding hydrogens is 200 g/mol. The Labute approximate surface area is 96.9 Å². The Balaban J connectivity index is 2.88. The molecule has 0 spiro atoms. The van der Waals surface area contributed by atoms with E-state index in [2.05, 4.69) is 36.8 Å². The molecular formula is C12H18N4. The Morgan fingerprint density at radius 1 is 1.31 bits per heavy atom. The first-order valence-electron chi connectivity index (χ1n) is 5.50. The van der Waals surface area contributed by atoms with Crippen molar-refractivity contribution in [2.24, 2.45) is 5.92 Å². The molecule has 0 aliphatic rings. The summed E-state index contributed by atoms with van der Waals surface area (Å²) in [5.41, 5.74) is 0.389. The van der Waals surface area contributed by atoms with E-state index in [4.69, 9.17) is 5.26 Å². The third kappa shape index (κ3) is 2.93. The molecule has 0 aliphatic carbocycles. The fourth-order valence-corrected chi connectivity index (χ4v) is 1.72. The van der Waals surface area contributed by atoms with E-state index in [9.17, 15) is 0 Å². The van der Waals surface area contributed by atoms with E-state index in [-0.39, 0.29) is 0 Å². The smallest absolute Gasteiger partial charge is 0.183 e. The van der Waals surface area contributed by atoms with Gasteiger partial charge < -0.3 is 4.90 Å². The zero-order valence-electron chi connectivity index (χ0n) is 10.3. The molecule has 4 heteroatoms. The van der Waals surface area contributed by atoms with E-state index in [1.165, 1.54) is 0 Å². The maximum atomic E-state index is 8.95. The minimum Gasteiger partial charge on any atom is -0.355 e. The molecule has 1 aromatic heterocycles. The van der Waals surface area contributed by atoms with Crippen LogP contribution in [0.4, 0.5) is 5.82 Å². The highest BCUT2D eigenvalue weighted by Crippen LogP contribution is 2.18. The van der Waals surface area contributed by atoms with E-state index in [1.54, 1.807) is 12.4 Å². The Morgan fingerprint density at radius 3 is 2.50 bits per heavy atom. The second-order valence-corrected chi connectivity index (χ2v) is 4.43. The van der Waals surface area contributed by atoms with Gasteiger partial charge in [-0.3, -0.25) is 0 Å². The van der Waals surface area contributed by atoms with Gasteiger partial charge >= 0.3 is 0 Å². The first kappa shape index (κ1) is 12.4. The summed E-state index contributed by atoms with van der Waals surface area (Å²) in [6.07, 6.45) is 4.23. The lowest BCUT2D eigenvalue weighted by Gasteiger charge is -2.27. The van der Waals surface area contributed by atoms with Crippen LogP contribution < -0.4 is 4.90 Å². The average Bonchev–Trinajstić information content (AvgIpc) is 2.27. The van der Waals surface area contributed by atoms with E-state index in [1.807, 2.05) is 11.9 Å². The Hall–Kier alpha value is -1.63. The third-order valence-corrected chi connectivity index (χ3v) is 2.59. The van der Waals surface area contributed by atoms with Gasteiger partial charge in [0.2, 0.25) is 0 Å². The van der Waals surface area contributed by atoms with Gasteiger partial charge in [0.05, 0.1) is 0 Å². The molecule has 0 amide bonds. The van der Waals surface area contributed by atoms with Crippen molar-refractivity contribution in [2.45, 2.75) is 33.2 Å². The molecule has 0 bridgehead atoms. The van der Waals surface area contributed by atoms with Gasteiger partial charge in [-0.1, -0.05) is 13.8 Å². The predicted molar refractivity (Wildman–Crippen MR) is 64.1 cm³/mol. The third-order valence-electron chi connectivity index (χ3n) is 2.59. The molecule has 1 aromatic rings. The summed E-state index contributed by atoms with van der Waals surface area (Å²) >= 11 is 0. The lowest BCUT2D eigenvalue weighted by molar-refractivity contribution is 0.501. The molecule has 0 fully saturated rings. The topological polar surface area (TPSA) is 52.8 Å². The van der Waals surface area contributed by atoms with Crippen LogP contribution in [0.3, 0.4) is 0 Å². The molecule has 0 N–H and O–H groups in total. The van der Waals surface area contributed by atoms with Crippen molar-refractivity contribution in [3.05, 3.63) is 18.1 Å². The number of aromatic nitrogens is 2. The van der Waals surface area contributed by atoms with Crippen LogP contribution >= 0.6 is 0 Å². The quantitative estimate of drug-likeness (QED) is 0.777. The maximum Gasteiger partial charge on any atom is 0.183 e. The van der Waals surface area contributed by atoms with Gasteiger partial charge in [0, 0.05) is 25.5 Å². The van der Waals surface area contributed by atoms with Crippen molar-refractivity contribution in [1.29, 1.82) is 5.26 Å². The Kier molecular flexibility index (Phi) is 4.24. The second-order valence-electron chi connectivity index (χ2n) is 4.43. The summed E-state index contributed by atoms with van der Waals surface area (Å²) < 4.78 is 0. The number of nitriles is 1. The summed E-state index contributed by atoms with van der Waals surface area (Å²) in [4.78, 5) is 10.3. The van der Waals surface area contributed by atoms with Crippen LogP contribution in [0.1, 0.15) is 32.9 Å². The molecule has 4 nitrogen and oxygen atoms in total. The average molecular weight is 218 g/mol. The van der Waals surface area contributed by atoms with Gasteiger partial charge in [0.1, 0.15) is 6.07 Å². The summed E-state index contributed by atoms with van der Waals surface area (Å²) in [5, 5.41) is 8.95. The van der Waals surface area contributed by atoms with Gasteiger partial charge in [0.25, 0.3) is 0 Å². The molecule has 0 aromatic carbocycles. The normalized spacial score (nSPS) is 12.2. The zero-order valence-corrected chi connectivity index (χ0v) is 10.3. The Bertz CT molecular complexity index is 381. The van der Waals surface area contributed by atoms with E-state index in [0.29, 0.717) is 23.5 Å². The molecule has 0 saturated heterocycles. The van der Waals surface area contributed by atoms with Crippen molar-refractivity contribution in [1.82, 2.24) is 9.97 Å². The van der Waals surface area contributed by atoms with Crippen molar-refractivity contribution in [3.8, 4) is 6.07 Å². The minimum absolute atomic E-state index is 0.351. The predicted octanol–water partition coefficient (Wildman–Crippen LogP) is 2.22. The first-order chi connectivity index (χ1) is 7.56. The fourth-order valence-electron chi connectivity index (χ4n) is 1.72. The van der Waals surface area contributed by atoms with E-state index in [0.717, 1.165) is 6.42 Å². The van der Waals surface area contributed by atoms with Crippen LogP contribution in [0, 0.1) is 17.2 Å². The SMILES string of the molecule is CC(C)CC(C)N(C)c1nccnc1C#N. The van der Waals surface area contributed by atoms with Crippen molar-refractivity contribution in [3.63, 3.8) is 0 Å². The lowest BCUT2D eigenvalue weighted by atomic mass is 10.0. The molecule has 1 atom stereocenters. The summed E-state index contributed by atoms with van der Waals surface area (Å²) in [7, 11) is 1.96. The highest BCUT2D eigenvalue weighted by atomic mass is 15.2. The molecule has 0 radical (unpaired) electrons. The van der Waals surface area contributed by atoms with Crippen LogP contribution in [0.5, 0.6) is 0 Å². The van der Waals surface area contributed by atoms with Crippen LogP contribution in [0.2, 0.25) is 0 Å². The molecule has 16 heavy (non-hydrogen) atoms. The van der Waals surface area contributed by atoms with Crippen LogP contribution in [-0.4, -0.2) is 23.1 Å². The van der Waals surface area contributed by atoms with Gasteiger partial charge in [-0.25, -0.2) is 9.97 Å². The summed E-state index contributed by atoms with van der Waals surface area (Å²) in [6.45, 7) is 6.51. The van der Waals surface area contributed by atoms with Crippen molar-refractivity contribution in [2.75, 3.05) is 11.9 Å². The second kappa shape index (κ2) is 5.45. The number of anilines is 1. The van der Waals surface area contributed by atoms with Crippen LogP contribution in [-0.2, 0) is 0 Å².